The molecule has 0 bridgehead atoms. The van der Waals surface area contributed by atoms with Crippen molar-refractivity contribution in [1.29, 1.82) is 0 Å². The normalized spacial score (nSPS) is 12.6. The molecule has 1 atom stereocenters. The maximum Gasteiger partial charge on any atom is 0.412 e. The lowest BCUT2D eigenvalue weighted by molar-refractivity contribution is -0.139. The fraction of sp³-hybridized carbons (Fsp3) is 0.429. The minimum atomic E-state index is -1.20. The van der Waals surface area contributed by atoms with Gasteiger partial charge in [0.05, 0.1) is 6.61 Å². The summed E-state index contributed by atoms with van der Waals surface area (Å²) >= 11 is 5.94. The summed E-state index contributed by atoms with van der Waals surface area (Å²) in [4.78, 5) is 22.7. The van der Waals surface area contributed by atoms with Gasteiger partial charge in [0.15, 0.2) is 0 Å². The molecular weight excluding hydrogens is 298 g/mol. The third-order valence-electron chi connectivity index (χ3n) is 2.50. The highest BCUT2D eigenvalue weighted by Gasteiger charge is 2.22. The summed E-state index contributed by atoms with van der Waals surface area (Å²) in [5.74, 6) is -2.35. The Morgan fingerprint density at radius 3 is 2.48 bits per heavy atom. The molecule has 1 aromatic carbocycles. The van der Waals surface area contributed by atoms with Crippen molar-refractivity contribution >= 4 is 29.4 Å². The van der Waals surface area contributed by atoms with Crippen molar-refractivity contribution < 1.29 is 24.5 Å². The maximum atomic E-state index is 11.7. The summed E-state index contributed by atoms with van der Waals surface area (Å²) in [6.45, 7) is 4.59. The fourth-order valence-electron chi connectivity index (χ4n) is 1.62. The number of aliphatic hydroxyl groups is 1. The molecule has 3 N–H and O–H groups in total. The summed E-state index contributed by atoms with van der Waals surface area (Å²) in [5.41, 5.74) is -0.0859. The van der Waals surface area contributed by atoms with Gasteiger partial charge in [-0.3, -0.25) is 10.1 Å². The van der Waals surface area contributed by atoms with E-state index in [1.54, 1.807) is 20.8 Å². The number of amides is 1. The first-order chi connectivity index (χ1) is 9.64. The molecule has 0 saturated carbocycles. The summed E-state index contributed by atoms with van der Waals surface area (Å²) in [6.07, 6.45) is -0.661. The average Bonchev–Trinajstić information content (AvgIpc) is 2.31. The van der Waals surface area contributed by atoms with Crippen LogP contribution in [-0.4, -0.2) is 34.5 Å². The predicted octanol–water partition coefficient (Wildman–Crippen LogP) is 2.85. The Kier molecular flexibility index (Phi) is 5.57. The SMILES string of the molecule is CC(C)(C)OC(=O)Nc1ccc(Cl)c([C@H](CO)C(=O)O)c1. The van der Waals surface area contributed by atoms with Crippen molar-refractivity contribution in [3.05, 3.63) is 28.8 Å². The molecule has 0 unspecified atom stereocenters. The zero-order valence-electron chi connectivity index (χ0n) is 12.0. The van der Waals surface area contributed by atoms with Crippen LogP contribution in [0.15, 0.2) is 18.2 Å². The molecule has 0 fully saturated rings. The van der Waals surface area contributed by atoms with Crippen molar-refractivity contribution in [1.82, 2.24) is 0 Å². The largest absolute Gasteiger partial charge is 0.481 e. The first-order valence-electron chi connectivity index (χ1n) is 6.27. The summed E-state index contributed by atoms with van der Waals surface area (Å²) in [7, 11) is 0. The number of carboxylic acids is 1. The van der Waals surface area contributed by atoms with Gasteiger partial charge in [-0.2, -0.15) is 0 Å². The number of aliphatic carboxylic acids is 1. The maximum absolute atomic E-state index is 11.7. The van der Waals surface area contributed by atoms with E-state index in [2.05, 4.69) is 5.32 Å². The lowest BCUT2D eigenvalue weighted by atomic mass is 9.99. The molecule has 1 amide bonds. The van der Waals surface area contributed by atoms with Gasteiger partial charge >= 0.3 is 12.1 Å². The molecular formula is C14H18ClNO5. The zero-order chi connectivity index (χ0) is 16.2. The van der Waals surface area contributed by atoms with Crippen LogP contribution in [0.5, 0.6) is 0 Å². The van der Waals surface area contributed by atoms with E-state index in [1.165, 1.54) is 18.2 Å². The standard InChI is InChI=1S/C14H18ClNO5/c1-14(2,3)21-13(20)16-8-4-5-11(15)9(6-8)10(7-17)12(18)19/h4-6,10,17H,7H2,1-3H3,(H,16,20)(H,18,19)/t10-/m0/s1. The third-order valence-corrected chi connectivity index (χ3v) is 2.84. The molecule has 0 radical (unpaired) electrons. The van der Waals surface area contributed by atoms with Crippen molar-refractivity contribution in [2.45, 2.75) is 32.3 Å². The highest BCUT2D eigenvalue weighted by Crippen LogP contribution is 2.28. The Morgan fingerprint density at radius 2 is 2.00 bits per heavy atom. The van der Waals surface area contributed by atoms with Gasteiger partial charge in [-0.1, -0.05) is 11.6 Å². The predicted molar refractivity (Wildman–Crippen MR) is 78.8 cm³/mol. The number of halogens is 1. The molecule has 1 aromatic rings. The number of carbonyl (C=O) groups is 2. The number of carboxylic acid groups (broad SMARTS) is 1. The second-order valence-corrected chi connectivity index (χ2v) is 5.84. The topological polar surface area (TPSA) is 95.9 Å². The number of carbonyl (C=O) groups excluding carboxylic acids is 1. The van der Waals surface area contributed by atoms with E-state index in [1.807, 2.05) is 0 Å². The fourth-order valence-corrected chi connectivity index (χ4v) is 1.87. The number of hydrogen-bond acceptors (Lipinski definition) is 4. The van der Waals surface area contributed by atoms with Gasteiger partial charge in [0.1, 0.15) is 11.5 Å². The molecule has 0 saturated heterocycles. The smallest absolute Gasteiger partial charge is 0.412 e. The van der Waals surface area contributed by atoms with E-state index in [9.17, 15) is 9.59 Å². The average molecular weight is 316 g/mol. The number of rotatable bonds is 4. The number of aliphatic hydroxyl groups excluding tert-OH is 1. The molecule has 21 heavy (non-hydrogen) atoms. The summed E-state index contributed by atoms with van der Waals surface area (Å²) in [5, 5.41) is 20.9. The molecule has 0 aromatic heterocycles. The van der Waals surface area contributed by atoms with Crippen LogP contribution in [0.4, 0.5) is 10.5 Å². The Hall–Kier alpha value is -1.79. The molecule has 0 aliphatic carbocycles. The number of nitrogens with one attached hydrogen (secondary N) is 1. The highest BCUT2D eigenvalue weighted by atomic mass is 35.5. The lowest BCUT2D eigenvalue weighted by Crippen LogP contribution is -2.27. The van der Waals surface area contributed by atoms with Crippen LogP contribution in [0.3, 0.4) is 0 Å². The Labute approximate surface area is 127 Å². The Morgan fingerprint density at radius 1 is 1.38 bits per heavy atom. The van der Waals surface area contributed by atoms with Crippen LogP contribution in [0, 0.1) is 0 Å². The Balaban J connectivity index is 2.96. The van der Waals surface area contributed by atoms with E-state index >= 15 is 0 Å². The van der Waals surface area contributed by atoms with Crippen molar-refractivity contribution in [3.8, 4) is 0 Å². The van der Waals surface area contributed by atoms with E-state index in [0.29, 0.717) is 5.69 Å². The molecule has 1 rings (SSSR count). The number of benzene rings is 1. The quantitative estimate of drug-likeness (QED) is 0.794. The van der Waals surface area contributed by atoms with Crippen LogP contribution in [0.2, 0.25) is 5.02 Å². The Bertz CT molecular complexity index is 539. The number of ether oxygens (including phenoxy) is 1. The molecule has 116 valence electrons. The van der Waals surface area contributed by atoms with Gasteiger partial charge in [0.2, 0.25) is 0 Å². The molecule has 0 spiro atoms. The molecule has 0 aliphatic rings. The van der Waals surface area contributed by atoms with Gasteiger partial charge in [-0.15, -0.1) is 0 Å². The first-order valence-corrected chi connectivity index (χ1v) is 6.65. The summed E-state index contributed by atoms with van der Waals surface area (Å²) < 4.78 is 5.10. The molecule has 6 nitrogen and oxygen atoms in total. The summed E-state index contributed by atoms with van der Waals surface area (Å²) in [6, 6.07) is 4.38. The van der Waals surface area contributed by atoms with Crippen LogP contribution in [-0.2, 0) is 9.53 Å². The minimum Gasteiger partial charge on any atom is -0.481 e. The van der Waals surface area contributed by atoms with E-state index in [4.69, 9.17) is 26.6 Å². The van der Waals surface area contributed by atoms with Crippen molar-refractivity contribution in [3.63, 3.8) is 0 Å². The second-order valence-electron chi connectivity index (χ2n) is 5.44. The highest BCUT2D eigenvalue weighted by molar-refractivity contribution is 6.31. The van der Waals surface area contributed by atoms with Crippen LogP contribution >= 0.6 is 11.6 Å². The van der Waals surface area contributed by atoms with Gasteiger partial charge in [-0.25, -0.2) is 4.79 Å². The van der Waals surface area contributed by atoms with Gasteiger partial charge in [0.25, 0.3) is 0 Å². The number of anilines is 1. The van der Waals surface area contributed by atoms with Gasteiger partial charge in [-0.05, 0) is 44.5 Å². The zero-order valence-corrected chi connectivity index (χ0v) is 12.8. The molecule has 0 heterocycles. The number of hydrogen-bond donors (Lipinski definition) is 3. The van der Waals surface area contributed by atoms with E-state index in [-0.39, 0.29) is 10.6 Å². The third kappa shape index (κ3) is 5.24. The van der Waals surface area contributed by atoms with E-state index in [0.717, 1.165) is 0 Å². The second kappa shape index (κ2) is 6.78. The lowest BCUT2D eigenvalue weighted by Gasteiger charge is -2.20. The van der Waals surface area contributed by atoms with Gasteiger partial charge in [0, 0.05) is 10.7 Å². The molecule has 7 heteroatoms. The van der Waals surface area contributed by atoms with Crippen molar-refractivity contribution in [2.24, 2.45) is 0 Å². The van der Waals surface area contributed by atoms with Crippen LogP contribution < -0.4 is 5.32 Å². The van der Waals surface area contributed by atoms with Gasteiger partial charge < -0.3 is 14.9 Å². The minimum absolute atomic E-state index is 0.200. The van der Waals surface area contributed by atoms with Crippen LogP contribution in [0.1, 0.15) is 32.3 Å². The van der Waals surface area contributed by atoms with E-state index < -0.39 is 30.2 Å². The first kappa shape index (κ1) is 17.3. The van der Waals surface area contributed by atoms with Crippen molar-refractivity contribution in [2.75, 3.05) is 11.9 Å². The molecule has 0 aliphatic heterocycles. The monoisotopic (exact) mass is 315 g/mol. The van der Waals surface area contributed by atoms with Crippen LogP contribution in [0.25, 0.3) is 0 Å².